The predicted octanol–water partition coefficient (Wildman–Crippen LogP) is 0.939. The Kier molecular flexibility index (Phi) is 4.77. The third kappa shape index (κ3) is 4.21. The number of amides is 2. The van der Waals surface area contributed by atoms with Crippen LogP contribution in [0.2, 0.25) is 0 Å². The predicted molar refractivity (Wildman–Crippen MR) is 74.9 cm³/mol. The number of aromatic carboxylic acids is 1. The van der Waals surface area contributed by atoms with Crippen molar-refractivity contribution in [2.45, 2.75) is 20.0 Å². The van der Waals surface area contributed by atoms with Crippen LogP contribution in [0, 0.1) is 6.92 Å². The van der Waals surface area contributed by atoms with Crippen LogP contribution in [0.5, 0.6) is 0 Å². The van der Waals surface area contributed by atoms with E-state index in [1.807, 2.05) is 0 Å². The highest BCUT2D eigenvalue weighted by molar-refractivity contribution is 7.13. The smallest absolute Gasteiger partial charge is 0.347 e. The first-order valence-corrected chi connectivity index (χ1v) is 6.84. The number of aryl methyl sites for hydroxylation is 1. The van der Waals surface area contributed by atoms with E-state index in [-0.39, 0.29) is 24.0 Å². The number of aromatic nitrogens is 3. The third-order valence-electron chi connectivity index (χ3n) is 2.51. The maximum Gasteiger partial charge on any atom is 0.347 e. The van der Waals surface area contributed by atoms with E-state index in [0.717, 1.165) is 11.3 Å². The second-order valence-corrected chi connectivity index (χ2v) is 5.15. The van der Waals surface area contributed by atoms with Gasteiger partial charge in [-0.05, 0) is 13.0 Å². The standard InChI is InChI=1S/C12H13N5O3S/c1-7-10(11(18)19)21-9(17-7)5-15-12(20)14-4-8-2-3-13-6-16-8/h2-3,6H,4-5H2,1H3,(H,18,19)(H2,14,15,20). The van der Waals surface area contributed by atoms with Crippen LogP contribution in [0.25, 0.3) is 0 Å². The van der Waals surface area contributed by atoms with Crippen molar-refractivity contribution in [3.05, 3.63) is 39.9 Å². The van der Waals surface area contributed by atoms with E-state index < -0.39 is 5.97 Å². The van der Waals surface area contributed by atoms with Gasteiger partial charge in [-0.15, -0.1) is 11.3 Å². The number of urea groups is 1. The van der Waals surface area contributed by atoms with E-state index in [9.17, 15) is 9.59 Å². The second-order valence-electron chi connectivity index (χ2n) is 4.06. The Bertz CT molecular complexity index is 644. The number of hydrogen-bond acceptors (Lipinski definition) is 6. The average molecular weight is 307 g/mol. The second kappa shape index (κ2) is 6.75. The van der Waals surface area contributed by atoms with Crippen molar-refractivity contribution in [3.63, 3.8) is 0 Å². The summed E-state index contributed by atoms with van der Waals surface area (Å²) in [5, 5.41) is 14.7. The van der Waals surface area contributed by atoms with E-state index >= 15 is 0 Å². The van der Waals surface area contributed by atoms with Crippen LogP contribution in [0.3, 0.4) is 0 Å². The summed E-state index contributed by atoms with van der Waals surface area (Å²) in [6, 6.07) is 1.32. The Labute approximate surface area is 124 Å². The van der Waals surface area contributed by atoms with Crippen molar-refractivity contribution in [1.29, 1.82) is 0 Å². The fourth-order valence-corrected chi connectivity index (χ4v) is 2.38. The summed E-state index contributed by atoms with van der Waals surface area (Å²) in [6.45, 7) is 2.08. The van der Waals surface area contributed by atoms with Crippen LogP contribution in [0.1, 0.15) is 26.1 Å². The lowest BCUT2D eigenvalue weighted by Crippen LogP contribution is -2.34. The van der Waals surface area contributed by atoms with Gasteiger partial charge in [0.05, 0.1) is 24.5 Å². The van der Waals surface area contributed by atoms with E-state index in [0.29, 0.717) is 16.4 Å². The summed E-state index contributed by atoms with van der Waals surface area (Å²) in [5.74, 6) is -1.01. The molecule has 2 heterocycles. The first kappa shape index (κ1) is 14.9. The Hall–Kier alpha value is -2.55. The van der Waals surface area contributed by atoms with E-state index in [1.165, 1.54) is 6.33 Å². The lowest BCUT2D eigenvalue weighted by molar-refractivity contribution is 0.0701. The van der Waals surface area contributed by atoms with Gasteiger partial charge in [-0.1, -0.05) is 0 Å². The third-order valence-corrected chi connectivity index (χ3v) is 3.65. The molecule has 0 saturated carbocycles. The quantitative estimate of drug-likeness (QED) is 0.756. The zero-order valence-electron chi connectivity index (χ0n) is 11.2. The van der Waals surface area contributed by atoms with Crippen LogP contribution in [0.15, 0.2) is 18.6 Å². The molecular formula is C12H13N5O3S. The Morgan fingerprint density at radius 1 is 1.33 bits per heavy atom. The van der Waals surface area contributed by atoms with Gasteiger partial charge in [0.2, 0.25) is 0 Å². The summed E-state index contributed by atoms with van der Waals surface area (Å²) < 4.78 is 0. The molecule has 0 radical (unpaired) electrons. The Morgan fingerprint density at radius 3 is 2.71 bits per heavy atom. The molecule has 8 nitrogen and oxygen atoms in total. The van der Waals surface area contributed by atoms with Crippen molar-refractivity contribution in [3.8, 4) is 0 Å². The van der Waals surface area contributed by atoms with Gasteiger partial charge in [-0.25, -0.2) is 24.5 Å². The van der Waals surface area contributed by atoms with Gasteiger partial charge in [-0.3, -0.25) is 0 Å². The number of nitrogens with one attached hydrogen (secondary N) is 2. The number of hydrogen-bond donors (Lipinski definition) is 3. The zero-order valence-corrected chi connectivity index (χ0v) is 12.0. The minimum Gasteiger partial charge on any atom is -0.477 e. The molecule has 2 rings (SSSR count). The molecule has 2 aromatic heterocycles. The molecule has 0 aromatic carbocycles. The van der Waals surface area contributed by atoms with Gasteiger partial charge in [0, 0.05) is 6.20 Å². The van der Waals surface area contributed by atoms with Crippen LogP contribution in [-0.2, 0) is 13.1 Å². The molecule has 3 N–H and O–H groups in total. The number of thiazole rings is 1. The molecule has 2 amide bonds. The van der Waals surface area contributed by atoms with E-state index in [4.69, 9.17) is 5.11 Å². The fourth-order valence-electron chi connectivity index (χ4n) is 1.54. The number of carbonyl (C=O) groups excluding carboxylic acids is 1. The first-order valence-electron chi connectivity index (χ1n) is 6.02. The maximum absolute atomic E-state index is 11.6. The summed E-state index contributed by atoms with van der Waals surface area (Å²) in [4.78, 5) is 34.5. The highest BCUT2D eigenvalue weighted by atomic mass is 32.1. The molecule has 9 heteroatoms. The van der Waals surface area contributed by atoms with Crippen molar-refractivity contribution in [2.24, 2.45) is 0 Å². The summed E-state index contributed by atoms with van der Waals surface area (Å²) in [7, 11) is 0. The summed E-state index contributed by atoms with van der Waals surface area (Å²) >= 11 is 1.05. The van der Waals surface area contributed by atoms with E-state index in [1.54, 1.807) is 19.2 Å². The highest BCUT2D eigenvalue weighted by Gasteiger charge is 2.14. The number of carboxylic acid groups (broad SMARTS) is 1. The molecule has 0 aliphatic rings. The van der Waals surface area contributed by atoms with E-state index in [2.05, 4.69) is 25.6 Å². The molecule has 0 unspecified atom stereocenters. The fraction of sp³-hybridized carbons (Fsp3) is 0.250. The largest absolute Gasteiger partial charge is 0.477 e. The molecule has 21 heavy (non-hydrogen) atoms. The molecule has 0 saturated heterocycles. The number of carbonyl (C=O) groups is 2. The molecule has 2 aromatic rings. The van der Waals surface area contributed by atoms with Crippen LogP contribution < -0.4 is 10.6 Å². The van der Waals surface area contributed by atoms with Crippen LogP contribution >= 0.6 is 11.3 Å². The number of rotatable bonds is 5. The van der Waals surface area contributed by atoms with Gasteiger partial charge in [-0.2, -0.15) is 0 Å². The number of carboxylic acids is 1. The van der Waals surface area contributed by atoms with Gasteiger partial charge in [0.25, 0.3) is 0 Å². The Balaban J connectivity index is 1.81. The molecule has 0 aliphatic carbocycles. The monoisotopic (exact) mass is 307 g/mol. The molecule has 0 bridgehead atoms. The molecule has 0 fully saturated rings. The minimum atomic E-state index is -1.01. The molecular weight excluding hydrogens is 294 g/mol. The Morgan fingerprint density at radius 2 is 2.10 bits per heavy atom. The van der Waals surface area contributed by atoms with Gasteiger partial charge in [0.15, 0.2) is 0 Å². The lowest BCUT2D eigenvalue weighted by atomic mass is 10.4. The van der Waals surface area contributed by atoms with Crippen molar-refractivity contribution in [1.82, 2.24) is 25.6 Å². The average Bonchev–Trinajstić information content (AvgIpc) is 2.85. The van der Waals surface area contributed by atoms with Crippen molar-refractivity contribution in [2.75, 3.05) is 0 Å². The minimum absolute atomic E-state index is 0.175. The SMILES string of the molecule is Cc1nc(CNC(=O)NCc2ccncn2)sc1C(=O)O. The number of nitrogens with zero attached hydrogens (tertiary/aromatic N) is 3. The normalized spacial score (nSPS) is 10.1. The molecule has 110 valence electrons. The highest BCUT2D eigenvalue weighted by Crippen LogP contribution is 2.17. The molecule has 0 atom stereocenters. The molecule has 0 spiro atoms. The van der Waals surface area contributed by atoms with Gasteiger partial charge < -0.3 is 15.7 Å². The maximum atomic E-state index is 11.6. The molecule has 0 aliphatic heterocycles. The summed E-state index contributed by atoms with van der Waals surface area (Å²) in [6.07, 6.45) is 2.99. The van der Waals surface area contributed by atoms with Gasteiger partial charge >= 0.3 is 12.0 Å². The van der Waals surface area contributed by atoms with Crippen LogP contribution in [0.4, 0.5) is 4.79 Å². The van der Waals surface area contributed by atoms with Crippen LogP contribution in [-0.4, -0.2) is 32.1 Å². The van der Waals surface area contributed by atoms with Crippen molar-refractivity contribution < 1.29 is 14.7 Å². The lowest BCUT2D eigenvalue weighted by Gasteiger charge is -2.05. The topological polar surface area (TPSA) is 117 Å². The van der Waals surface area contributed by atoms with Crippen molar-refractivity contribution >= 4 is 23.3 Å². The summed E-state index contributed by atoms with van der Waals surface area (Å²) in [5.41, 5.74) is 1.14. The van der Waals surface area contributed by atoms with Gasteiger partial charge in [0.1, 0.15) is 16.2 Å². The zero-order chi connectivity index (χ0) is 15.2. The first-order chi connectivity index (χ1) is 10.1.